The summed E-state index contributed by atoms with van der Waals surface area (Å²) in [6.07, 6.45) is -2.73. The van der Waals surface area contributed by atoms with Crippen molar-refractivity contribution in [2.24, 2.45) is 0 Å². The van der Waals surface area contributed by atoms with E-state index in [4.69, 9.17) is 0 Å². The zero-order valence-electron chi connectivity index (χ0n) is 12.1. The second-order valence-corrected chi connectivity index (χ2v) is 5.50. The van der Waals surface area contributed by atoms with Gasteiger partial charge in [0, 0.05) is 13.1 Å². The highest BCUT2D eigenvalue weighted by Gasteiger charge is 2.31. The number of hydrogen-bond acceptors (Lipinski definition) is 2. The largest absolute Gasteiger partial charge is 0.401 e. The van der Waals surface area contributed by atoms with Gasteiger partial charge in [0.1, 0.15) is 0 Å². The van der Waals surface area contributed by atoms with Gasteiger partial charge in [-0.2, -0.15) is 18.3 Å². The molecule has 0 spiro atoms. The molecule has 1 rings (SSSR count). The average Bonchev–Trinajstić information content (AvgIpc) is 2.64. The molecule has 0 bridgehead atoms. The van der Waals surface area contributed by atoms with Crippen LogP contribution in [0.4, 0.5) is 13.2 Å². The van der Waals surface area contributed by atoms with E-state index in [0.29, 0.717) is 19.5 Å². The average molecular weight is 356 g/mol. The summed E-state index contributed by atoms with van der Waals surface area (Å²) in [5, 5.41) is 4.42. The minimum atomic E-state index is -4.17. The van der Waals surface area contributed by atoms with E-state index in [-0.39, 0.29) is 6.54 Å². The number of aryl methyl sites for hydroxylation is 2. The molecule has 0 saturated heterocycles. The summed E-state index contributed by atoms with van der Waals surface area (Å²) in [7, 11) is 0. The lowest BCUT2D eigenvalue weighted by molar-refractivity contribution is -0.147. The van der Waals surface area contributed by atoms with Crippen LogP contribution < -0.4 is 0 Å². The maximum Gasteiger partial charge on any atom is 0.401 e. The van der Waals surface area contributed by atoms with Crippen LogP contribution in [0.3, 0.4) is 0 Å². The molecule has 0 N–H and O–H groups in total. The van der Waals surface area contributed by atoms with Crippen LogP contribution in [0.15, 0.2) is 4.47 Å². The van der Waals surface area contributed by atoms with Gasteiger partial charge in [-0.3, -0.25) is 9.58 Å². The highest BCUT2D eigenvalue weighted by atomic mass is 79.9. The number of halogens is 4. The molecule has 0 atom stereocenters. The zero-order chi connectivity index (χ0) is 15.3. The molecule has 1 heterocycles. The SMILES string of the molecule is CCCN(Cc1c(Br)c(CC)nn1CC)CC(F)(F)F. The fraction of sp³-hybridized carbons (Fsp3) is 0.769. The van der Waals surface area contributed by atoms with Crippen molar-refractivity contribution in [1.82, 2.24) is 14.7 Å². The summed E-state index contributed by atoms with van der Waals surface area (Å²) in [6.45, 7) is 6.25. The summed E-state index contributed by atoms with van der Waals surface area (Å²) < 4.78 is 40.4. The van der Waals surface area contributed by atoms with Gasteiger partial charge in [-0.15, -0.1) is 0 Å². The Hall–Kier alpha value is -0.560. The van der Waals surface area contributed by atoms with E-state index < -0.39 is 12.7 Å². The van der Waals surface area contributed by atoms with E-state index in [1.165, 1.54) is 4.90 Å². The lowest BCUT2D eigenvalue weighted by atomic mass is 10.2. The van der Waals surface area contributed by atoms with Gasteiger partial charge in [0.25, 0.3) is 0 Å². The van der Waals surface area contributed by atoms with Crippen molar-refractivity contribution < 1.29 is 13.2 Å². The molecule has 20 heavy (non-hydrogen) atoms. The molecule has 3 nitrogen and oxygen atoms in total. The highest BCUT2D eigenvalue weighted by Crippen LogP contribution is 2.25. The smallest absolute Gasteiger partial charge is 0.289 e. The van der Waals surface area contributed by atoms with Crippen LogP contribution in [0.25, 0.3) is 0 Å². The second-order valence-electron chi connectivity index (χ2n) is 4.70. The minimum absolute atomic E-state index is 0.259. The maximum atomic E-state index is 12.6. The van der Waals surface area contributed by atoms with Gasteiger partial charge in [-0.05, 0) is 42.2 Å². The molecule has 0 aliphatic heterocycles. The second kappa shape index (κ2) is 7.45. The first kappa shape index (κ1) is 17.5. The van der Waals surface area contributed by atoms with Crippen molar-refractivity contribution in [3.63, 3.8) is 0 Å². The Bertz CT molecular complexity index is 429. The highest BCUT2D eigenvalue weighted by molar-refractivity contribution is 9.10. The summed E-state index contributed by atoms with van der Waals surface area (Å²) in [4.78, 5) is 1.42. The predicted molar refractivity (Wildman–Crippen MR) is 76.6 cm³/mol. The van der Waals surface area contributed by atoms with Crippen LogP contribution in [-0.2, 0) is 19.5 Å². The monoisotopic (exact) mass is 355 g/mol. The molecule has 116 valence electrons. The summed E-state index contributed by atoms with van der Waals surface area (Å²) >= 11 is 3.47. The molecule has 7 heteroatoms. The van der Waals surface area contributed by atoms with E-state index in [0.717, 1.165) is 22.3 Å². The molecule has 0 aromatic carbocycles. The van der Waals surface area contributed by atoms with Gasteiger partial charge in [-0.25, -0.2) is 0 Å². The molecular formula is C13H21BrF3N3. The van der Waals surface area contributed by atoms with E-state index in [1.807, 2.05) is 20.8 Å². The predicted octanol–water partition coefficient (Wildman–Crippen LogP) is 4.00. The van der Waals surface area contributed by atoms with Crippen LogP contribution in [0.5, 0.6) is 0 Å². The van der Waals surface area contributed by atoms with Crippen molar-refractivity contribution in [3.05, 3.63) is 15.9 Å². The van der Waals surface area contributed by atoms with Gasteiger partial charge in [0.15, 0.2) is 0 Å². The lowest BCUT2D eigenvalue weighted by Crippen LogP contribution is -2.35. The third kappa shape index (κ3) is 4.77. The normalized spacial score (nSPS) is 12.4. The number of nitrogens with zero attached hydrogens (tertiary/aromatic N) is 3. The van der Waals surface area contributed by atoms with Gasteiger partial charge in [-0.1, -0.05) is 13.8 Å². The van der Waals surface area contributed by atoms with Gasteiger partial charge >= 0.3 is 6.18 Å². The zero-order valence-corrected chi connectivity index (χ0v) is 13.7. The first-order valence-electron chi connectivity index (χ1n) is 6.85. The van der Waals surface area contributed by atoms with Crippen molar-refractivity contribution in [2.45, 2.75) is 52.9 Å². The molecule has 0 fully saturated rings. The molecule has 1 aromatic rings. The molecule has 0 saturated carbocycles. The van der Waals surface area contributed by atoms with Crippen molar-refractivity contribution >= 4 is 15.9 Å². The quantitative estimate of drug-likeness (QED) is 0.736. The van der Waals surface area contributed by atoms with Crippen molar-refractivity contribution in [3.8, 4) is 0 Å². The Morgan fingerprint density at radius 1 is 1.25 bits per heavy atom. The Kier molecular flexibility index (Phi) is 6.51. The number of aromatic nitrogens is 2. The van der Waals surface area contributed by atoms with Crippen LogP contribution in [0.1, 0.15) is 38.6 Å². The third-order valence-corrected chi connectivity index (χ3v) is 3.93. The van der Waals surface area contributed by atoms with E-state index >= 15 is 0 Å². The van der Waals surface area contributed by atoms with Gasteiger partial charge in [0.2, 0.25) is 0 Å². The van der Waals surface area contributed by atoms with Gasteiger partial charge < -0.3 is 0 Å². The molecular weight excluding hydrogens is 335 g/mol. The van der Waals surface area contributed by atoms with Crippen molar-refractivity contribution in [1.29, 1.82) is 0 Å². The number of alkyl halides is 3. The topological polar surface area (TPSA) is 21.1 Å². The lowest BCUT2D eigenvalue weighted by Gasteiger charge is -2.23. The Morgan fingerprint density at radius 3 is 2.35 bits per heavy atom. The summed E-state index contributed by atoms with van der Waals surface area (Å²) in [5.74, 6) is 0. The minimum Gasteiger partial charge on any atom is -0.289 e. The Labute approximate surface area is 126 Å². The summed E-state index contributed by atoms with van der Waals surface area (Å²) in [6, 6.07) is 0. The Balaban J connectivity index is 2.95. The summed E-state index contributed by atoms with van der Waals surface area (Å²) in [5.41, 5.74) is 1.72. The van der Waals surface area contributed by atoms with Crippen molar-refractivity contribution in [2.75, 3.05) is 13.1 Å². The van der Waals surface area contributed by atoms with Crippen LogP contribution >= 0.6 is 15.9 Å². The molecule has 1 aromatic heterocycles. The Morgan fingerprint density at radius 2 is 1.90 bits per heavy atom. The first-order chi connectivity index (χ1) is 9.32. The van der Waals surface area contributed by atoms with Crippen LogP contribution in [0.2, 0.25) is 0 Å². The molecule has 0 aliphatic rings. The van der Waals surface area contributed by atoms with E-state index in [1.54, 1.807) is 4.68 Å². The van der Waals surface area contributed by atoms with E-state index in [2.05, 4.69) is 21.0 Å². The van der Waals surface area contributed by atoms with Crippen LogP contribution in [-0.4, -0.2) is 33.9 Å². The molecule has 0 radical (unpaired) electrons. The van der Waals surface area contributed by atoms with Crippen LogP contribution in [0, 0.1) is 0 Å². The number of rotatable bonds is 7. The van der Waals surface area contributed by atoms with Gasteiger partial charge in [0.05, 0.1) is 22.4 Å². The molecule has 0 unspecified atom stereocenters. The third-order valence-electron chi connectivity index (χ3n) is 3.01. The molecule has 0 aliphatic carbocycles. The molecule has 0 amide bonds. The van der Waals surface area contributed by atoms with E-state index in [9.17, 15) is 13.2 Å². The maximum absolute atomic E-state index is 12.6. The first-order valence-corrected chi connectivity index (χ1v) is 7.64. The standard InChI is InChI=1S/C13H21BrF3N3/c1-4-7-19(9-13(15,16)17)8-11-12(14)10(5-2)18-20(11)6-3/h4-9H2,1-3H3. The fourth-order valence-corrected chi connectivity index (χ4v) is 2.85. The fourth-order valence-electron chi connectivity index (χ4n) is 2.16. The number of hydrogen-bond donors (Lipinski definition) is 0.